The van der Waals surface area contributed by atoms with E-state index in [0.717, 1.165) is 38.4 Å². The summed E-state index contributed by atoms with van der Waals surface area (Å²) in [5.41, 5.74) is 4.09. The molecular weight excluding hydrogens is 318 g/mol. The van der Waals surface area contributed by atoms with E-state index >= 15 is 0 Å². The van der Waals surface area contributed by atoms with E-state index in [4.69, 9.17) is 0 Å². The minimum Gasteiger partial charge on any atom is -0.354 e. The summed E-state index contributed by atoms with van der Waals surface area (Å²) in [5.74, 6) is 1.47. The fraction of sp³-hybridized carbons (Fsp3) is 0.368. The molecule has 1 aliphatic heterocycles. The van der Waals surface area contributed by atoms with Gasteiger partial charge in [-0.1, -0.05) is 24.3 Å². The molecule has 126 valence electrons. The van der Waals surface area contributed by atoms with Gasteiger partial charge < -0.3 is 5.32 Å². The quantitative estimate of drug-likeness (QED) is 0.840. The first kappa shape index (κ1) is 17.0. The molecule has 0 saturated carbocycles. The van der Waals surface area contributed by atoms with Crippen molar-refractivity contribution < 1.29 is 4.79 Å². The Hall–Kier alpha value is -1.85. The summed E-state index contributed by atoms with van der Waals surface area (Å²) in [7, 11) is 0. The zero-order valence-corrected chi connectivity index (χ0v) is 14.6. The van der Waals surface area contributed by atoms with Gasteiger partial charge in [-0.05, 0) is 35.2 Å². The van der Waals surface area contributed by atoms with Crippen LogP contribution >= 0.6 is 11.8 Å². The molecule has 5 heteroatoms. The number of benzene rings is 1. The lowest BCUT2D eigenvalue weighted by molar-refractivity contribution is -0.118. The van der Waals surface area contributed by atoms with Crippen molar-refractivity contribution in [2.24, 2.45) is 0 Å². The maximum atomic E-state index is 11.9. The Morgan fingerprint density at radius 3 is 2.79 bits per heavy atom. The van der Waals surface area contributed by atoms with Crippen LogP contribution in [0.25, 0.3) is 0 Å². The molecule has 0 spiro atoms. The van der Waals surface area contributed by atoms with Crippen molar-refractivity contribution in [1.29, 1.82) is 0 Å². The van der Waals surface area contributed by atoms with E-state index in [1.165, 1.54) is 16.7 Å². The lowest BCUT2D eigenvalue weighted by Gasteiger charge is -2.28. The Bertz CT molecular complexity index is 663. The maximum absolute atomic E-state index is 11.9. The second-order valence-corrected chi connectivity index (χ2v) is 6.98. The number of fused-ring (bicyclic) bond motifs is 1. The van der Waals surface area contributed by atoms with Gasteiger partial charge in [0.05, 0.1) is 5.75 Å². The third-order valence-electron chi connectivity index (χ3n) is 4.21. The summed E-state index contributed by atoms with van der Waals surface area (Å²) < 4.78 is 0. The number of pyridine rings is 1. The van der Waals surface area contributed by atoms with Crippen LogP contribution < -0.4 is 5.32 Å². The number of rotatable bonds is 7. The van der Waals surface area contributed by atoms with Gasteiger partial charge in [-0.3, -0.25) is 14.7 Å². The van der Waals surface area contributed by atoms with Gasteiger partial charge in [-0.2, -0.15) is 0 Å². The summed E-state index contributed by atoms with van der Waals surface area (Å²) in [6.07, 6.45) is 4.67. The Kier molecular flexibility index (Phi) is 6.26. The van der Waals surface area contributed by atoms with E-state index in [2.05, 4.69) is 39.5 Å². The van der Waals surface area contributed by atoms with Gasteiger partial charge in [-0.15, -0.1) is 11.8 Å². The predicted octanol–water partition coefficient (Wildman–Crippen LogP) is 2.49. The fourth-order valence-corrected chi connectivity index (χ4v) is 3.71. The lowest BCUT2D eigenvalue weighted by atomic mass is 10.00. The molecule has 0 atom stereocenters. The number of aromatic nitrogens is 1. The molecule has 0 saturated heterocycles. The maximum Gasteiger partial charge on any atom is 0.230 e. The average Bonchev–Trinajstić information content (AvgIpc) is 2.62. The van der Waals surface area contributed by atoms with E-state index in [0.29, 0.717) is 5.75 Å². The molecule has 3 rings (SSSR count). The molecule has 24 heavy (non-hydrogen) atoms. The van der Waals surface area contributed by atoms with Crippen molar-refractivity contribution in [3.05, 3.63) is 65.5 Å². The Balaban J connectivity index is 1.31. The molecule has 1 aromatic heterocycles. The van der Waals surface area contributed by atoms with Crippen molar-refractivity contribution in [1.82, 2.24) is 15.2 Å². The van der Waals surface area contributed by atoms with Gasteiger partial charge in [0, 0.05) is 44.3 Å². The van der Waals surface area contributed by atoms with Crippen LogP contribution in [0.4, 0.5) is 0 Å². The van der Waals surface area contributed by atoms with Crippen molar-refractivity contribution >= 4 is 17.7 Å². The van der Waals surface area contributed by atoms with Gasteiger partial charge in [-0.25, -0.2) is 0 Å². The number of carbonyl (C=O) groups is 1. The van der Waals surface area contributed by atoms with E-state index in [-0.39, 0.29) is 5.91 Å². The molecule has 0 bridgehead atoms. The highest BCUT2D eigenvalue weighted by atomic mass is 32.2. The number of hydrogen-bond donors (Lipinski definition) is 1. The summed E-state index contributed by atoms with van der Waals surface area (Å²) in [5, 5.41) is 3.03. The third kappa shape index (κ3) is 5.08. The van der Waals surface area contributed by atoms with Gasteiger partial charge in [0.15, 0.2) is 0 Å². The van der Waals surface area contributed by atoms with Crippen LogP contribution in [0.15, 0.2) is 48.8 Å². The van der Waals surface area contributed by atoms with Crippen LogP contribution in [0.2, 0.25) is 0 Å². The first-order valence-electron chi connectivity index (χ1n) is 8.34. The second kappa shape index (κ2) is 8.85. The average molecular weight is 341 g/mol. The van der Waals surface area contributed by atoms with Crippen LogP contribution in [0.3, 0.4) is 0 Å². The van der Waals surface area contributed by atoms with E-state index in [1.54, 1.807) is 24.2 Å². The molecule has 0 radical (unpaired) electrons. The van der Waals surface area contributed by atoms with Crippen molar-refractivity contribution in [2.45, 2.75) is 18.7 Å². The first-order chi connectivity index (χ1) is 11.8. The number of thioether (sulfide) groups is 1. The molecule has 1 amide bonds. The molecule has 2 aromatic rings. The summed E-state index contributed by atoms with van der Waals surface area (Å²) in [4.78, 5) is 18.3. The van der Waals surface area contributed by atoms with Crippen LogP contribution in [0.5, 0.6) is 0 Å². The normalized spacial score (nSPS) is 14.2. The van der Waals surface area contributed by atoms with E-state index < -0.39 is 0 Å². The molecule has 0 unspecified atom stereocenters. The van der Waals surface area contributed by atoms with Crippen LogP contribution in [0.1, 0.15) is 16.7 Å². The highest BCUT2D eigenvalue weighted by Crippen LogP contribution is 2.17. The smallest absolute Gasteiger partial charge is 0.230 e. The zero-order valence-electron chi connectivity index (χ0n) is 13.8. The Morgan fingerprint density at radius 1 is 1.17 bits per heavy atom. The van der Waals surface area contributed by atoms with Crippen molar-refractivity contribution in [3.63, 3.8) is 0 Å². The number of nitrogens with zero attached hydrogens (tertiary/aromatic N) is 2. The van der Waals surface area contributed by atoms with Crippen LogP contribution in [-0.4, -0.2) is 41.2 Å². The number of nitrogens with one attached hydrogen (secondary N) is 1. The SMILES string of the molecule is O=C(CSCc1ccncc1)NCCN1CCc2ccccc2C1. The minimum absolute atomic E-state index is 0.117. The Morgan fingerprint density at radius 2 is 1.96 bits per heavy atom. The minimum atomic E-state index is 0.117. The van der Waals surface area contributed by atoms with Gasteiger partial charge in [0.25, 0.3) is 0 Å². The first-order valence-corrected chi connectivity index (χ1v) is 9.49. The second-order valence-electron chi connectivity index (χ2n) is 5.99. The lowest BCUT2D eigenvalue weighted by Crippen LogP contribution is -2.38. The van der Waals surface area contributed by atoms with Crippen molar-refractivity contribution in [3.8, 4) is 0 Å². The monoisotopic (exact) mass is 341 g/mol. The van der Waals surface area contributed by atoms with Crippen molar-refractivity contribution in [2.75, 3.05) is 25.4 Å². The van der Waals surface area contributed by atoms with Crippen LogP contribution in [0, 0.1) is 0 Å². The largest absolute Gasteiger partial charge is 0.354 e. The standard InChI is InChI=1S/C19H23N3OS/c23-19(15-24-14-16-5-8-20-9-6-16)21-10-12-22-11-7-17-3-1-2-4-18(17)13-22/h1-6,8-9H,7,10-15H2,(H,21,23). The van der Waals surface area contributed by atoms with Gasteiger partial charge in [0.2, 0.25) is 5.91 Å². The molecule has 1 aliphatic rings. The fourth-order valence-electron chi connectivity index (χ4n) is 2.89. The molecule has 0 aliphatic carbocycles. The number of hydrogen-bond acceptors (Lipinski definition) is 4. The topological polar surface area (TPSA) is 45.2 Å². The summed E-state index contributed by atoms with van der Waals surface area (Å²) >= 11 is 1.64. The molecule has 1 N–H and O–H groups in total. The van der Waals surface area contributed by atoms with E-state index in [9.17, 15) is 4.79 Å². The van der Waals surface area contributed by atoms with Gasteiger partial charge >= 0.3 is 0 Å². The van der Waals surface area contributed by atoms with Crippen LogP contribution in [-0.2, 0) is 23.5 Å². The molecule has 0 fully saturated rings. The zero-order chi connectivity index (χ0) is 16.6. The molecule has 1 aromatic carbocycles. The Labute approximate surface area is 147 Å². The van der Waals surface area contributed by atoms with Gasteiger partial charge in [0.1, 0.15) is 0 Å². The highest BCUT2D eigenvalue weighted by Gasteiger charge is 2.15. The molecule has 2 heterocycles. The highest BCUT2D eigenvalue weighted by molar-refractivity contribution is 7.99. The summed E-state index contributed by atoms with van der Waals surface area (Å²) in [6.45, 7) is 3.69. The number of amides is 1. The van der Waals surface area contributed by atoms with E-state index in [1.807, 2.05) is 12.1 Å². The predicted molar refractivity (Wildman–Crippen MR) is 98.8 cm³/mol. The summed E-state index contributed by atoms with van der Waals surface area (Å²) in [6, 6.07) is 12.6. The molecule has 4 nitrogen and oxygen atoms in total. The number of carbonyl (C=O) groups excluding carboxylic acids is 1. The third-order valence-corrected chi connectivity index (χ3v) is 5.21. The molecular formula is C19H23N3OS.